The Morgan fingerprint density at radius 3 is 2.40 bits per heavy atom. The Bertz CT molecular complexity index is 531. The molecule has 0 unspecified atom stereocenters. The fourth-order valence-electron chi connectivity index (χ4n) is 4.18. The van der Waals surface area contributed by atoms with Crippen LogP contribution in [0.5, 0.6) is 0 Å². The predicted octanol–water partition coefficient (Wildman–Crippen LogP) is 2.41. The highest BCUT2D eigenvalue weighted by Gasteiger charge is 2.34. The Kier molecular flexibility index (Phi) is 9.45. The van der Waals surface area contributed by atoms with Crippen molar-refractivity contribution in [2.24, 2.45) is 16.3 Å². The number of sulfonamides is 1. The molecular weight excluding hydrogens is 451 g/mol. The number of aliphatic imine (C=N–C) groups is 1. The van der Waals surface area contributed by atoms with Gasteiger partial charge in [-0.1, -0.05) is 26.7 Å². The molecule has 25 heavy (non-hydrogen) atoms. The zero-order valence-electron chi connectivity index (χ0n) is 15.9. The second kappa shape index (κ2) is 10.3. The highest BCUT2D eigenvalue weighted by molar-refractivity contribution is 14.0. The van der Waals surface area contributed by atoms with Crippen molar-refractivity contribution in [3.63, 3.8) is 0 Å². The molecule has 1 saturated carbocycles. The van der Waals surface area contributed by atoms with E-state index < -0.39 is 10.0 Å². The molecule has 2 fully saturated rings. The van der Waals surface area contributed by atoms with Gasteiger partial charge in [0, 0.05) is 33.2 Å². The lowest BCUT2D eigenvalue weighted by Gasteiger charge is -2.32. The van der Waals surface area contributed by atoms with E-state index in [1.165, 1.54) is 32.1 Å². The van der Waals surface area contributed by atoms with Crippen molar-refractivity contribution in [3.05, 3.63) is 0 Å². The van der Waals surface area contributed by atoms with Crippen LogP contribution in [0.4, 0.5) is 0 Å². The van der Waals surface area contributed by atoms with E-state index in [0.29, 0.717) is 31.0 Å². The van der Waals surface area contributed by atoms with Crippen molar-refractivity contribution in [1.82, 2.24) is 14.9 Å². The molecule has 148 valence electrons. The Labute approximate surface area is 170 Å². The zero-order chi connectivity index (χ0) is 17.6. The molecule has 2 rings (SSSR count). The van der Waals surface area contributed by atoms with Gasteiger partial charge < -0.3 is 10.6 Å². The molecule has 0 aromatic rings. The van der Waals surface area contributed by atoms with Crippen molar-refractivity contribution >= 4 is 40.0 Å². The van der Waals surface area contributed by atoms with Crippen molar-refractivity contribution in [3.8, 4) is 0 Å². The summed E-state index contributed by atoms with van der Waals surface area (Å²) in [5.74, 6) is 1.78. The van der Waals surface area contributed by atoms with Crippen LogP contribution in [0.15, 0.2) is 4.99 Å². The first-order valence-electron chi connectivity index (χ1n) is 9.29. The number of nitrogens with one attached hydrogen (secondary N) is 2. The highest BCUT2D eigenvalue weighted by Crippen LogP contribution is 2.42. The van der Waals surface area contributed by atoms with E-state index in [1.54, 1.807) is 11.4 Å². The van der Waals surface area contributed by atoms with E-state index in [-0.39, 0.29) is 29.7 Å². The SMILES string of the molecule is CN=C(NCCN1CCCS1(=O)=O)NCC1(CC(C)C)CCCC1.I. The zero-order valence-corrected chi connectivity index (χ0v) is 19.0. The molecule has 2 N–H and O–H groups in total. The number of nitrogens with zero attached hydrogens (tertiary/aromatic N) is 2. The Morgan fingerprint density at radius 1 is 1.20 bits per heavy atom. The third kappa shape index (κ3) is 6.86. The summed E-state index contributed by atoms with van der Waals surface area (Å²) in [7, 11) is -1.24. The first-order chi connectivity index (χ1) is 11.4. The van der Waals surface area contributed by atoms with E-state index in [0.717, 1.165) is 18.9 Å². The molecule has 0 aromatic carbocycles. The molecule has 1 saturated heterocycles. The summed E-state index contributed by atoms with van der Waals surface area (Å²) in [4.78, 5) is 4.29. The molecule has 0 spiro atoms. The van der Waals surface area contributed by atoms with Crippen LogP contribution < -0.4 is 10.6 Å². The molecule has 0 amide bonds. The minimum absolute atomic E-state index is 0. The van der Waals surface area contributed by atoms with Crippen molar-refractivity contribution in [2.75, 3.05) is 39.0 Å². The van der Waals surface area contributed by atoms with Crippen LogP contribution in [-0.4, -0.2) is 57.7 Å². The van der Waals surface area contributed by atoms with Crippen molar-refractivity contribution < 1.29 is 8.42 Å². The lowest BCUT2D eigenvalue weighted by Crippen LogP contribution is -2.45. The van der Waals surface area contributed by atoms with Gasteiger partial charge in [-0.3, -0.25) is 4.99 Å². The van der Waals surface area contributed by atoms with Gasteiger partial charge in [0.1, 0.15) is 0 Å². The van der Waals surface area contributed by atoms with Gasteiger partial charge >= 0.3 is 0 Å². The van der Waals surface area contributed by atoms with E-state index in [4.69, 9.17) is 0 Å². The fraction of sp³-hybridized carbons (Fsp3) is 0.941. The van der Waals surface area contributed by atoms with Crippen LogP contribution >= 0.6 is 24.0 Å². The van der Waals surface area contributed by atoms with E-state index >= 15 is 0 Å². The molecule has 1 aliphatic heterocycles. The van der Waals surface area contributed by atoms with Gasteiger partial charge in [-0.15, -0.1) is 24.0 Å². The van der Waals surface area contributed by atoms with Crippen LogP contribution in [0.1, 0.15) is 52.4 Å². The maximum absolute atomic E-state index is 11.8. The maximum atomic E-state index is 11.8. The van der Waals surface area contributed by atoms with Gasteiger partial charge in [0.2, 0.25) is 10.0 Å². The first kappa shape index (κ1) is 23.0. The van der Waals surface area contributed by atoms with Crippen LogP contribution in [0.3, 0.4) is 0 Å². The molecule has 0 aromatic heterocycles. The third-order valence-electron chi connectivity index (χ3n) is 5.22. The van der Waals surface area contributed by atoms with Gasteiger partial charge in [-0.2, -0.15) is 0 Å². The van der Waals surface area contributed by atoms with Gasteiger partial charge in [0.25, 0.3) is 0 Å². The summed E-state index contributed by atoms with van der Waals surface area (Å²) >= 11 is 0. The summed E-state index contributed by atoms with van der Waals surface area (Å²) in [6.07, 6.45) is 7.24. The van der Waals surface area contributed by atoms with Gasteiger partial charge in [-0.05, 0) is 37.0 Å². The third-order valence-corrected chi connectivity index (χ3v) is 7.17. The van der Waals surface area contributed by atoms with Crippen LogP contribution in [0.25, 0.3) is 0 Å². The van der Waals surface area contributed by atoms with E-state index in [2.05, 4.69) is 29.5 Å². The molecule has 6 nitrogen and oxygen atoms in total. The Balaban J connectivity index is 0.00000312. The van der Waals surface area contributed by atoms with E-state index in [1.807, 2.05) is 0 Å². The standard InChI is InChI=1S/C17H34N4O2S.HI/c1-15(2)13-17(7-4-5-8-17)14-20-16(18-3)19-9-11-21-10-6-12-24(21,22)23;/h15H,4-14H2,1-3H3,(H2,18,19,20);1H. The quantitative estimate of drug-likeness (QED) is 0.329. The smallest absolute Gasteiger partial charge is 0.214 e. The van der Waals surface area contributed by atoms with Crippen LogP contribution in [-0.2, 0) is 10.0 Å². The minimum Gasteiger partial charge on any atom is -0.356 e. The van der Waals surface area contributed by atoms with E-state index in [9.17, 15) is 8.42 Å². The highest BCUT2D eigenvalue weighted by atomic mass is 127. The Morgan fingerprint density at radius 2 is 1.88 bits per heavy atom. The average molecular weight is 486 g/mol. The molecular formula is C17H35IN4O2S. The molecule has 2 aliphatic rings. The summed E-state index contributed by atoms with van der Waals surface area (Å²) in [6.45, 7) is 7.30. The minimum atomic E-state index is -3.01. The average Bonchev–Trinajstić information content (AvgIpc) is 3.09. The molecule has 0 bridgehead atoms. The van der Waals surface area contributed by atoms with Gasteiger partial charge in [-0.25, -0.2) is 12.7 Å². The summed E-state index contributed by atoms with van der Waals surface area (Å²) < 4.78 is 25.2. The first-order valence-corrected chi connectivity index (χ1v) is 10.9. The number of rotatable bonds is 7. The number of hydrogen-bond acceptors (Lipinski definition) is 3. The van der Waals surface area contributed by atoms with Gasteiger partial charge in [0.05, 0.1) is 5.75 Å². The predicted molar refractivity (Wildman–Crippen MR) is 115 cm³/mol. The summed E-state index contributed by atoms with van der Waals surface area (Å²) in [5, 5.41) is 6.74. The summed E-state index contributed by atoms with van der Waals surface area (Å²) in [5.41, 5.74) is 0.393. The Hall–Kier alpha value is -0.0900. The maximum Gasteiger partial charge on any atom is 0.214 e. The molecule has 0 atom stereocenters. The monoisotopic (exact) mass is 486 g/mol. The molecule has 1 aliphatic carbocycles. The topological polar surface area (TPSA) is 73.8 Å². The largest absolute Gasteiger partial charge is 0.356 e. The number of halogens is 1. The second-order valence-electron chi connectivity index (χ2n) is 7.73. The molecule has 8 heteroatoms. The van der Waals surface area contributed by atoms with Crippen molar-refractivity contribution in [1.29, 1.82) is 0 Å². The van der Waals surface area contributed by atoms with Crippen LogP contribution in [0.2, 0.25) is 0 Å². The number of guanidine groups is 1. The lowest BCUT2D eigenvalue weighted by atomic mass is 9.78. The fourth-order valence-corrected chi connectivity index (χ4v) is 5.71. The summed E-state index contributed by atoms with van der Waals surface area (Å²) in [6, 6.07) is 0. The van der Waals surface area contributed by atoms with Crippen LogP contribution in [0, 0.1) is 11.3 Å². The lowest BCUT2D eigenvalue weighted by molar-refractivity contribution is 0.234. The second-order valence-corrected chi connectivity index (χ2v) is 9.81. The molecule has 0 radical (unpaired) electrons. The van der Waals surface area contributed by atoms with Crippen molar-refractivity contribution in [2.45, 2.75) is 52.4 Å². The normalized spacial score (nSPS) is 22.8. The number of hydrogen-bond donors (Lipinski definition) is 2. The molecule has 1 heterocycles. The van der Waals surface area contributed by atoms with Gasteiger partial charge in [0.15, 0.2) is 5.96 Å².